The number of carboxylic acids is 1. The van der Waals surface area contributed by atoms with Crippen molar-refractivity contribution in [1.82, 2.24) is 0 Å². The van der Waals surface area contributed by atoms with Gasteiger partial charge in [-0.3, -0.25) is 4.79 Å². The Labute approximate surface area is 124 Å². The van der Waals surface area contributed by atoms with Crippen LogP contribution in [0.3, 0.4) is 0 Å². The van der Waals surface area contributed by atoms with Gasteiger partial charge in [-0.2, -0.15) is 0 Å². The molecule has 6 nitrogen and oxygen atoms in total. The Hall–Kier alpha value is -1.95. The molecule has 0 saturated carbocycles. The first-order valence-electron chi connectivity index (χ1n) is 6.58. The van der Waals surface area contributed by atoms with Crippen LogP contribution in [-0.4, -0.2) is 37.5 Å². The van der Waals surface area contributed by atoms with Crippen LogP contribution >= 0.6 is 0 Å². The Bertz CT molecular complexity index is 474. The van der Waals surface area contributed by atoms with Crippen molar-refractivity contribution in [2.45, 2.75) is 20.0 Å². The van der Waals surface area contributed by atoms with Gasteiger partial charge in [0.25, 0.3) is 0 Å². The van der Waals surface area contributed by atoms with Crippen molar-refractivity contribution in [3.63, 3.8) is 0 Å². The number of aliphatic carboxylic acids is 1. The summed E-state index contributed by atoms with van der Waals surface area (Å²) in [7, 11) is 4.45. The molecule has 0 aliphatic carbocycles. The Kier molecular flexibility index (Phi) is 5.84. The number of benzene rings is 1. The lowest BCUT2D eigenvalue weighted by Gasteiger charge is -2.26. The van der Waals surface area contributed by atoms with Gasteiger partial charge >= 0.3 is 5.97 Å². The average molecular weight is 298 g/mol. The van der Waals surface area contributed by atoms with Crippen LogP contribution in [0.2, 0.25) is 0 Å². The van der Waals surface area contributed by atoms with Gasteiger partial charge in [-0.25, -0.2) is 0 Å². The number of rotatable bonds is 7. The molecule has 3 atom stereocenters. The van der Waals surface area contributed by atoms with E-state index in [0.717, 1.165) is 0 Å². The molecule has 0 radical (unpaired) electrons. The number of hydrogen-bond donors (Lipinski definition) is 2. The topological polar surface area (TPSA) is 85.2 Å². The van der Waals surface area contributed by atoms with Crippen molar-refractivity contribution in [3.8, 4) is 17.2 Å². The van der Waals surface area contributed by atoms with E-state index in [2.05, 4.69) is 0 Å². The Morgan fingerprint density at radius 1 is 1.05 bits per heavy atom. The minimum Gasteiger partial charge on any atom is -0.496 e. The largest absolute Gasteiger partial charge is 0.496 e. The van der Waals surface area contributed by atoms with Gasteiger partial charge in [-0.05, 0) is 5.92 Å². The van der Waals surface area contributed by atoms with Crippen molar-refractivity contribution in [3.05, 3.63) is 17.7 Å². The minimum absolute atomic E-state index is 0.392. The standard InChI is InChI=1S/C15H22O6/c1-8(9(2)15(17)18)14(16)13-11(20-4)6-10(19-3)7-12(13)21-5/h6-9,14,16H,1-5H3,(H,17,18). The highest BCUT2D eigenvalue weighted by Crippen LogP contribution is 2.42. The second-order valence-electron chi connectivity index (χ2n) is 4.88. The van der Waals surface area contributed by atoms with Gasteiger partial charge in [0.15, 0.2) is 0 Å². The molecular weight excluding hydrogens is 276 g/mol. The van der Waals surface area contributed by atoms with Gasteiger partial charge < -0.3 is 24.4 Å². The van der Waals surface area contributed by atoms with Crippen molar-refractivity contribution < 1.29 is 29.2 Å². The third-order valence-electron chi connectivity index (χ3n) is 3.73. The molecule has 0 aromatic heterocycles. The normalized spacial score (nSPS) is 15.0. The summed E-state index contributed by atoms with van der Waals surface area (Å²) in [4.78, 5) is 11.1. The van der Waals surface area contributed by atoms with E-state index in [1.165, 1.54) is 21.3 Å². The number of methoxy groups -OCH3 is 3. The molecule has 0 heterocycles. The fourth-order valence-corrected chi connectivity index (χ4v) is 2.09. The minimum atomic E-state index is -1.04. The molecule has 1 aromatic carbocycles. The molecule has 6 heteroatoms. The molecule has 0 saturated heterocycles. The maximum absolute atomic E-state index is 11.1. The molecule has 0 aliphatic heterocycles. The van der Waals surface area contributed by atoms with Crippen LogP contribution in [0.15, 0.2) is 12.1 Å². The summed E-state index contributed by atoms with van der Waals surface area (Å²) >= 11 is 0. The highest BCUT2D eigenvalue weighted by atomic mass is 16.5. The second kappa shape index (κ2) is 7.17. The van der Waals surface area contributed by atoms with Crippen molar-refractivity contribution >= 4 is 5.97 Å². The third kappa shape index (κ3) is 3.58. The highest BCUT2D eigenvalue weighted by molar-refractivity contribution is 5.70. The summed E-state index contributed by atoms with van der Waals surface area (Å²) < 4.78 is 15.7. The summed E-state index contributed by atoms with van der Waals surface area (Å²) in [5.74, 6) is -0.881. The van der Waals surface area contributed by atoms with Crippen LogP contribution in [0, 0.1) is 11.8 Å². The van der Waals surface area contributed by atoms with Gasteiger partial charge in [-0.15, -0.1) is 0 Å². The number of carboxylic acid groups (broad SMARTS) is 1. The van der Waals surface area contributed by atoms with E-state index in [-0.39, 0.29) is 0 Å². The third-order valence-corrected chi connectivity index (χ3v) is 3.73. The molecule has 1 rings (SSSR count). The molecule has 0 fully saturated rings. The van der Waals surface area contributed by atoms with E-state index in [1.807, 2.05) is 0 Å². The molecule has 0 aliphatic rings. The Morgan fingerprint density at radius 2 is 1.52 bits per heavy atom. The van der Waals surface area contributed by atoms with Crippen LogP contribution in [-0.2, 0) is 4.79 Å². The van der Waals surface area contributed by atoms with Gasteiger partial charge in [-0.1, -0.05) is 13.8 Å². The highest BCUT2D eigenvalue weighted by Gasteiger charge is 2.31. The lowest BCUT2D eigenvalue weighted by Crippen LogP contribution is -2.24. The van der Waals surface area contributed by atoms with Crippen LogP contribution < -0.4 is 14.2 Å². The molecule has 0 amide bonds. The summed E-state index contributed by atoms with van der Waals surface area (Å²) in [5, 5.41) is 19.6. The van der Waals surface area contributed by atoms with E-state index in [1.54, 1.807) is 26.0 Å². The van der Waals surface area contributed by atoms with Gasteiger partial charge in [0.2, 0.25) is 0 Å². The fraction of sp³-hybridized carbons (Fsp3) is 0.533. The van der Waals surface area contributed by atoms with Gasteiger partial charge in [0.05, 0.1) is 38.9 Å². The number of carbonyl (C=O) groups is 1. The zero-order chi connectivity index (χ0) is 16.2. The van der Waals surface area contributed by atoms with Crippen LogP contribution in [0.5, 0.6) is 17.2 Å². The SMILES string of the molecule is COc1cc(OC)c(C(O)C(C)C(C)C(=O)O)c(OC)c1. The summed E-state index contributed by atoms with van der Waals surface area (Å²) in [5.41, 5.74) is 0.418. The van der Waals surface area contributed by atoms with Crippen molar-refractivity contribution in [1.29, 1.82) is 0 Å². The quantitative estimate of drug-likeness (QED) is 0.802. The predicted octanol–water partition coefficient (Wildman–Crippen LogP) is 2.10. The van der Waals surface area contributed by atoms with Gasteiger partial charge in [0, 0.05) is 12.1 Å². The Balaban J connectivity index is 3.30. The lowest BCUT2D eigenvalue weighted by molar-refractivity contribution is -0.144. The maximum atomic E-state index is 11.1. The summed E-state index contributed by atoms with van der Waals surface area (Å²) in [6, 6.07) is 3.25. The van der Waals surface area contributed by atoms with Gasteiger partial charge in [0.1, 0.15) is 17.2 Å². The van der Waals surface area contributed by atoms with Crippen LogP contribution in [0.4, 0.5) is 0 Å². The van der Waals surface area contributed by atoms with E-state index >= 15 is 0 Å². The van der Waals surface area contributed by atoms with Crippen LogP contribution in [0.25, 0.3) is 0 Å². The van der Waals surface area contributed by atoms with Crippen molar-refractivity contribution in [2.24, 2.45) is 11.8 Å². The Morgan fingerprint density at radius 3 is 1.86 bits per heavy atom. The summed E-state index contributed by atoms with van der Waals surface area (Å²) in [6.07, 6.45) is -1.04. The van der Waals surface area contributed by atoms with E-state index in [9.17, 15) is 9.90 Å². The summed E-state index contributed by atoms with van der Waals surface area (Å²) in [6.45, 7) is 3.23. The molecular formula is C15H22O6. The van der Waals surface area contributed by atoms with E-state index in [0.29, 0.717) is 22.8 Å². The molecule has 2 N–H and O–H groups in total. The number of aliphatic hydroxyl groups is 1. The van der Waals surface area contributed by atoms with E-state index < -0.39 is 23.9 Å². The molecule has 0 bridgehead atoms. The average Bonchev–Trinajstić information content (AvgIpc) is 2.50. The molecule has 0 spiro atoms. The lowest BCUT2D eigenvalue weighted by atomic mass is 9.86. The second-order valence-corrected chi connectivity index (χ2v) is 4.88. The first kappa shape index (κ1) is 17.1. The predicted molar refractivity (Wildman–Crippen MR) is 77.0 cm³/mol. The zero-order valence-electron chi connectivity index (χ0n) is 12.9. The van der Waals surface area contributed by atoms with E-state index in [4.69, 9.17) is 19.3 Å². The molecule has 21 heavy (non-hydrogen) atoms. The smallest absolute Gasteiger partial charge is 0.306 e. The van der Waals surface area contributed by atoms with Crippen LogP contribution in [0.1, 0.15) is 25.5 Å². The monoisotopic (exact) mass is 298 g/mol. The number of aliphatic hydroxyl groups excluding tert-OH is 1. The number of hydrogen-bond acceptors (Lipinski definition) is 5. The fourth-order valence-electron chi connectivity index (χ4n) is 2.09. The maximum Gasteiger partial charge on any atom is 0.306 e. The molecule has 3 unspecified atom stereocenters. The first-order valence-corrected chi connectivity index (χ1v) is 6.58. The van der Waals surface area contributed by atoms with Crippen molar-refractivity contribution in [2.75, 3.05) is 21.3 Å². The zero-order valence-corrected chi connectivity index (χ0v) is 12.9. The molecule has 1 aromatic rings. The number of ether oxygens (including phenoxy) is 3. The first-order chi connectivity index (χ1) is 9.87. The molecule has 118 valence electrons.